The Bertz CT molecular complexity index is 923. The molecule has 0 bridgehead atoms. The van der Waals surface area contributed by atoms with Gasteiger partial charge in [0.25, 0.3) is 0 Å². The van der Waals surface area contributed by atoms with Crippen molar-refractivity contribution in [3.63, 3.8) is 0 Å². The molecule has 27 heavy (non-hydrogen) atoms. The molecule has 0 saturated heterocycles. The van der Waals surface area contributed by atoms with Crippen LogP contribution >= 0.6 is 11.8 Å². The second-order valence-corrected chi connectivity index (χ2v) is 6.28. The molecule has 0 amide bonds. The topological polar surface area (TPSA) is 70.5 Å². The van der Waals surface area contributed by atoms with Crippen molar-refractivity contribution in [2.75, 3.05) is 20.5 Å². The predicted molar refractivity (Wildman–Crippen MR) is 104 cm³/mol. The highest BCUT2D eigenvalue weighted by Crippen LogP contribution is 2.33. The molecule has 3 rings (SSSR count). The summed E-state index contributed by atoms with van der Waals surface area (Å²) in [5, 5.41) is 0. The number of hydrogen-bond donors (Lipinski definition) is 0. The summed E-state index contributed by atoms with van der Waals surface area (Å²) in [6, 6.07) is 14.9. The van der Waals surface area contributed by atoms with Crippen LogP contribution in [0.1, 0.15) is 10.4 Å². The number of benzene rings is 2. The molecule has 0 saturated carbocycles. The van der Waals surface area contributed by atoms with Crippen molar-refractivity contribution < 1.29 is 19.0 Å². The Balaban J connectivity index is 2.00. The zero-order valence-electron chi connectivity index (χ0n) is 15.1. The minimum atomic E-state index is 0.0316. The minimum absolute atomic E-state index is 0.0316. The highest BCUT2D eigenvalue weighted by molar-refractivity contribution is 7.98. The fraction of sp³-hybridized carbons (Fsp3) is 0.150. The quantitative estimate of drug-likeness (QED) is 0.440. The van der Waals surface area contributed by atoms with Gasteiger partial charge in [-0.05, 0) is 35.6 Å². The van der Waals surface area contributed by atoms with Crippen molar-refractivity contribution in [2.45, 2.75) is 4.90 Å². The van der Waals surface area contributed by atoms with Gasteiger partial charge < -0.3 is 14.2 Å². The molecule has 0 atom stereocenters. The summed E-state index contributed by atoms with van der Waals surface area (Å²) in [5.41, 5.74) is 2.11. The molecule has 0 aliphatic rings. The maximum absolute atomic E-state index is 11.8. The Morgan fingerprint density at radius 2 is 1.63 bits per heavy atom. The van der Waals surface area contributed by atoms with Crippen LogP contribution < -0.4 is 14.2 Å². The Labute approximate surface area is 161 Å². The summed E-state index contributed by atoms with van der Waals surface area (Å²) in [4.78, 5) is 21.2. The van der Waals surface area contributed by atoms with Gasteiger partial charge in [0, 0.05) is 4.90 Å². The molecule has 2 aromatic carbocycles. The zero-order chi connectivity index (χ0) is 19.2. The maximum atomic E-state index is 11.8. The van der Waals surface area contributed by atoms with E-state index in [2.05, 4.69) is 9.97 Å². The van der Waals surface area contributed by atoms with Crippen LogP contribution in [0.15, 0.2) is 53.4 Å². The highest BCUT2D eigenvalue weighted by Gasteiger charge is 2.14. The molecule has 0 N–H and O–H groups in total. The fourth-order valence-electron chi connectivity index (χ4n) is 2.51. The van der Waals surface area contributed by atoms with Crippen LogP contribution in [0.4, 0.5) is 0 Å². The number of carbonyl (C=O) groups excluding carboxylic acids is 1. The molecule has 1 heterocycles. The summed E-state index contributed by atoms with van der Waals surface area (Å²) >= 11 is 1.66. The third-order valence-corrected chi connectivity index (χ3v) is 4.61. The number of ether oxygens (including phenoxy) is 3. The monoisotopic (exact) mass is 382 g/mol. The summed E-state index contributed by atoms with van der Waals surface area (Å²) in [5.74, 6) is 0.952. The van der Waals surface area contributed by atoms with Crippen molar-refractivity contribution in [2.24, 2.45) is 0 Å². The molecule has 0 spiro atoms. The molecule has 0 unspecified atom stereocenters. The molecule has 6 nitrogen and oxygen atoms in total. The van der Waals surface area contributed by atoms with Crippen molar-refractivity contribution in [1.29, 1.82) is 0 Å². The van der Waals surface area contributed by atoms with E-state index in [0.717, 1.165) is 22.3 Å². The van der Waals surface area contributed by atoms with E-state index in [1.54, 1.807) is 17.8 Å². The lowest BCUT2D eigenvalue weighted by atomic mass is 10.00. The van der Waals surface area contributed by atoms with Crippen LogP contribution in [0.5, 0.6) is 23.5 Å². The maximum Gasteiger partial charge on any atom is 0.328 e. The molecular weight excluding hydrogens is 364 g/mol. The third-order valence-electron chi connectivity index (χ3n) is 3.86. The average molecular weight is 382 g/mol. The van der Waals surface area contributed by atoms with Crippen LogP contribution in [-0.4, -0.2) is 36.7 Å². The fourth-order valence-corrected chi connectivity index (χ4v) is 2.92. The molecule has 0 radical (unpaired) electrons. The lowest BCUT2D eigenvalue weighted by molar-refractivity contribution is 0.112. The first kappa shape index (κ1) is 18.7. The number of rotatable bonds is 7. The van der Waals surface area contributed by atoms with Gasteiger partial charge in [0.05, 0.1) is 25.8 Å². The predicted octanol–water partition coefficient (Wildman–Crippen LogP) is 4.49. The Kier molecular flexibility index (Phi) is 5.93. The van der Waals surface area contributed by atoms with Crippen molar-refractivity contribution in [1.82, 2.24) is 9.97 Å². The lowest BCUT2D eigenvalue weighted by Gasteiger charge is -2.12. The van der Waals surface area contributed by atoms with Gasteiger partial charge in [-0.3, -0.25) is 4.79 Å². The number of carbonyl (C=O) groups is 1. The molecule has 7 heteroatoms. The van der Waals surface area contributed by atoms with Crippen LogP contribution in [0.25, 0.3) is 11.1 Å². The highest BCUT2D eigenvalue weighted by atomic mass is 32.2. The normalized spacial score (nSPS) is 10.3. The Morgan fingerprint density at radius 1 is 0.963 bits per heavy atom. The first-order chi connectivity index (χ1) is 13.2. The van der Waals surface area contributed by atoms with Gasteiger partial charge >= 0.3 is 6.01 Å². The van der Waals surface area contributed by atoms with Crippen molar-refractivity contribution in [3.8, 4) is 34.6 Å². The first-order valence-electron chi connectivity index (χ1n) is 8.06. The number of thioether (sulfide) groups is 1. The van der Waals surface area contributed by atoms with E-state index in [1.807, 2.05) is 42.7 Å². The van der Waals surface area contributed by atoms with Gasteiger partial charge in [0.15, 0.2) is 6.29 Å². The number of hydrogen-bond acceptors (Lipinski definition) is 7. The van der Waals surface area contributed by atoms with Crippen LogP contribution in [-0.2, 0) is 0 Å². The molecule has 0 fully saturated rings. The molecule has 0 aliphatic carbocycles. The van der Waals surface area contributed by atoms with Gasteiger partial charge in [0.2, 0.25) is 11.8 Å². The second-order valence-electron chi connectivity index (χ2n) is 5.40. The number of aldehydes is 1. The van der Waals surface area contributed by atoms with Gasteiger partial charge in [-0.1, -0.05) is 24.3 Å². The SMILES string of the molecule is COc1cc(OC)nc(Oc2cccc(-c3ccc(SC)cc3)c2C=O)n1. The summed E-state index contributed by atoms with van der Waals surface area (Å²) < 4.78 is 16.0. The van der Waals surface area contributed by atoms with Gasteiger partial charge in [0.1, 0.15) is 5.75 Å². The van der Waals surface area contributed by atoms with Crippen LogP contribution in [0.3, 0.4) is 0 Å². The smallest absolute Gasteiger partial charge is 0.328 e. The van der Waals surface area contributed by atoms with E-state index in [-0.39, 0.29) is 6.01 Å². The van der Waals surface area contributed by atoms with Crippen LogP contribution in [0.2, 0.25) is 0 Å². The van der Waals surface area contributed by atoms with Crippen molar-refractivity contribution >= 4 is 18.0 Å². The van der Waals surface area contributed by atoms with E-state index in [4.69, 9.17) is 14.2 Å². The van der Waals surface area contributed by atoms with E-state index in [0.29, 0.717) is 23.1 Å². The summed E-state index contributed by atoms with van der Waals surface area (Å²) in [6.45, 7) is 0. The Morgan fingerprint density at radius 3 is 2.19 bits per heavy atom. The molecule has 0 aliphatic heterocycles. The van der Waals surface area contributed by atoms with Gasteiger partial charge in [-0.2, -0.15) is 9.97 Å². The zero-order valence-corrected chi connectivity index (χ0v) is 15.9. The van der Waals surface area contributed by atoms with E-state index in [1.165, 1.54) is 20.3 Å². The standard InChI is InChI=1S/C20H18N2O4S/c1-24-18-11-19(25-2)22-20(21-18)26-17-6-4-5-15(16(17)12-23)13-7-9-14(27-3)10-8-13/h4-12H,1-3H3. The molecule has 3 aromatic rings. The molecular formula is C20H18N2O4S. The third kappa shape index (κ3) is 4.20. The van der Waals surface area contributed by atoms with E-state index in [9.17, 15) is 4.79 Å². The van der Waals surface area contributed by atoms with Crippen LogP contribution in [0, 0.1) is 0 Å². The second kappa shape index (κ2) is 8.55. The minimum Gasteiger partial charge on any atom is -0.481 e. The molecule has 138 valence electrons. The summed E-state index contributed by atoms with van der Waals surface area (Å²) in [7, 11) is 2.97. The Hall–Kier alpha value is -3.06. The van der Waals surface area contributed by atoms with E-state index >= 15 is 0 Å². The average Bonchev–Trinajstić information content (AvgIpc) is 2.73. The number of methoxy groups -OCH3 is 2. The van der Waals surface area contributed by atoms with Gasteiger partial charge in [-0.15, -0.1) is 11.8 Å². The first-order valence-corrected chi connectivity index (χ1v) is 9.28. The largest absolute Gasteiger partial charge is 0.481 e. The summed E-state index contributed by atoms with van der Waals surface area (Å²) in [6.07, 6.45) is 2.78. The number of nitrogens with zero attached hydrogens (tertiary/aromatic N) is 2. The lowest BCUT2D eigenvalue weighted by Crippen LogP contribution is -2.00. The molecule has 1 aromatic heterocycles. The van der Waals surface area contributed by atoms with E-state index < -0.39 is 0 Å². The van der Waals surface area contributed by atoms with Crippen molar-refractivity contribution in [3.05, 3.63) is 54.1 Å². The number of aromatic nitrogens is 2. The van der Waals surface area contributed by atoms with Gasteiger partial charge in [-0.25, -0.2) is 0 Å².